The van der Waals surface area contributed by atoms with Crippen molar-refractivity contribution >= 4 is 61.5 Å². The normalized spacial score (nSPS) is 11.5. The fourth-order valence-corrected chi connectivity index (χ4v) is 5.46. The standard InChI is InChI=1S/C38H27N/c1-2-13-33(14-3-1)39(38-27-32-12-6-7-15-35(32)36-16-8-9-17-37(36)38)34-24-21-28(22-25-34)18-19-29-20-23-30-10-4-5-11-31(30)26-29/h1-27H/b19-18+. The van der Waals surface area contributed by atoms with E-state index in [4.69, 9.17) is 0 Å². The Balaban J connectivity index is 1.30. The van der Waals surface area contributed by atoms with Gasteiger partial charge in [-0.2, -0.15) is 0 Å². The number of hydrogen-bond donors (Lipinski definition) is 0. The van der Waals surface area contributed by atoms with Crippen LogP contribution in [-0.4, -0.2) is 0 Å². The molecule has 0 aliphatic carbocycles. The van der Waals surface area contributed by atoms with Crippen molar-refractivity contribution in [3.05, 3.63) is 163 Å². The monoisotopic (exact) mass is 497 g/mol. The molecule has 0 spiro atoms. The van der Waals surface area contributed by atoms with Crippen molar-refractivity contribution < 1.29 is 0 Å². The Bertz CT molecular complexity index is 1950. The maximum Gasteiger partial charge on any atom is 0.0546 e. The lowest BCUT2D eigenvalue weighted by Crippen LogP contribution is -2.10. The molecule has 0 amide bonds. The summed E-state index contributed by atoms with van der Waals surface area (Å²) in [5, 5.41) is 7.54. The number of para-hydroxylation sites is 1. The number of anilines is 3. The van der Waals surface area contributed by atoms with E-state index in [0.717, 1.165) is 11.4 Å². The zero-order valence-corrected chi connectivity index (χ0v) is 21.5. The van der Waals surface area contributed by atoms with Gasteiger partial charge in [0.05, 0.1) is 5.69 Å². The van der Waals surface area contributed by atoms with Gasteiger partial charge in [-0.25, -0.2) is 0 Å². The minimum absolute atomic E-state index is 1.13. The van der Waals surface area contributed by atoms with Crippen LogP contribution in [0.3, 0.4) is 0 Å². The van der Waals surface area contributed by atoms with E-state index in [-0.39, 0.29) is 0 Å². The average molecular weight is 498 g/mol. The van der Waals surface area contributed by atoms with Crippen LogP contribution in [0.15, 0.2) is 152 Å². The molecule has 0 N–H and O–H groups in total. The second kappa shape index (κ2) is 9.96. The summed E-state index contributed by atoms with van der Waals surface area (Å²) < 4.78 is 0. The third-order valence-electron chi connectivity index (χ3n) is 7.39. The van der Waals surface area contributed by atoms with Crippen molar-refractivity contribution in [2.24, 2.45) is 0 Å². The van der Waals surface area contributed by atoms with Gasteiger partial charge in [0.2, 0.25) is 0 Å². The van der Waals surface area contributed by atoms with Crippen LogP contribution >= 0.6 is 0 Å². The summed E-state index contributed by atoms with van der Waals surface area (Å²) in [4.78, 5) is 2.37. The molecule has 0 saturated heterocycles. The summed E-state index contributed by atoms with van der Waals surface area (Å²) >= 11 is 0. The second-order valence-electron chi connectivity index (χ2n) is 9.86. The van der Waals surface area contributed by atoms with Crippen molar-refractivity contribution in [3.63, 3.8) is 0 Å². The maximum absolute atomic E-state index is 2.37. The number of rotatable bonds is 5. The van der Waals surface area contributed by atoms with Gasteiger partial charge < -0.3 is 4.90 Å². The number of hydrogen-bond acceptors (Lipinski definition) is 1. The van der Waals surface area contributed by atoms with Gasteiger partial charge >= 0.3 is 0 Å². The van der Waals surface area contributed by atoms with E-state index in [9.17, 15) is 0 Å². The summed E-state index contributed by atoms with van der Waals surface area (Å²) in [6.45, 7) is 0. The predicted molar refractivity (Wildman–Crippen MR) is 169 cm³/mol. The molecule has 0 aromatic heterocycles. The van der Waals surface area contributed by atoms with Crippen LogP contribution in [-0.2, 0) is 0 Å². The zero-order valence-electron chi connectivity index (χ0n) is 21.5. The molecule has 0 aliphatic heterocycles. The molecule has 0 unspecified atom stereocenters. The molecule has 0 radical (unpaired) electrons. The Morgan fingerprint density at radius 3 is 1.72 bits per heavy atom. The third kappa shape index (κ3) is 4.45. The van der Waals surface area contributed by atoms with Gasteiger partial charge in [0.15, 0.2) is 0 Å². The second-order valence-corrected chi connectivity index (χ2v) is 9.86. The Labute approximate surface area is 228 Å². The Morgan fingerprint density at radius 1 is 0.359 bits per heavy atom. The van der Waals surface area contributed by atoms with Crippen LogP contribution in [0.25, 0.3) is 44.5 Å². The smallest absolute Gasteiger partial charge is 0.0546 e. The van der Waals surface area contributed by atoms with E-state index < -0.39 is 0 Å². The van der Waals surface area contributed by atoms with E-state index in [1.807, 2.05) is 0 Å². The number of fused-ring (bicyclic) bond motifs is 4. The van der Waals surface area contributed by atoms with Crippen LogP contribution in [0.1, 0.15) is 11.1 Å². The minimum atomic E-state index is 1.13. The summed E-state index contributed by atoms with van der Waals surface area (Å²) in [6, 6.07) is 54.2. The van der Waals surface area contributed by atoms with Gasteiger partial charge in [-0.1, -0.05) is 127 Å². The largest absolute Gasteiger partial charge is 0.310 e. The summed E-state index contributed by atoms with van der Waals surface area (Å²) in [5.41, 5.74) is 5.81. The first kappa shape index (κ1) is 23.0. The molecule has 1 heteroatoms. The average Bonchev–Trinajstić information content (AvgIpc) is 3.01. The fraction of sp³-hybridized carbons (Fsp3) is 0. The van der Waals surface area contributed by atoms with E-state index in [1.165, 1.54) is 49.1 Å². The van der Waals surface area contributed by atoms with Crippen molar-refractivity contribution in [3.8, 4) is 0 Å². The van der Waals surface area contributed by atoms with Gasteiger partial charge in [0.25, 0.3) is 0 Å². The Kier molecular flexibility index (Phi) is 5.88. The fourth-order valence-electron chi connectivity index (χ4n) is 5.46. The molecular formula is C38H27N. The summed E-state index contributed by atoms with van der Waals surface area (Å²) in [6.07, 6.45) is 4.37. The lowest BCUT2D eigenvalue weighted by Gasteiger charge is -2.27. The molecule has 0 heterocycles. The van der Waals surface area contributed by atoms with Gasteiger partial charge in [0, 0.05) is 16.8 Å². The lowest BCUT2D eigenvalue weighted by atomic mass is 9.99. The first-order valence-electron chi connectivity index (χ1n) is 13.4. The molecule has 184 valence electrons. The van der Waals surface area contributed by atoms with Gasteiger partial charge in [-0.3, -0.25) is 0 Å². The molecule has 39 heavy (non-hydrogen) atoms. The first-order valence-corrected chi connectivity index (χ1v) is 13.4. The molecule has 0 atom stereocenters. The molecule has 7 aromatic rings. The van der Waals surface area contributed by atoms with E-state index in [0.29, 0.717) is 0 Å². The Hall–Kier alpha value is -5.14. The van der Waals surface area contributed by atoms with Gasteiger partial charge in [-0.15, -0.1) is 0 Å². The highest BCUT2D eigenvalue weighted by Crippen LogP contribution is 2.41. The summed E-state index contributed by atoms with van der Waals surface area (Å²) in [5.74, 6) is 0. The molecule has 0 aliphatic rings. The highest BCUT2D eigenvalue weighted by atomic mass is 15.1. The molecule has 0 fully saturated rings. The van der Waals surface area contributed by atoms with Crippen LogP contribution in [0.4, 0.5) is 17.1 Å². The Morgan fingerprint density at radius 2 is 0.923 bits per heavy atom. The van der Waals surface area contributed by atoms with Crippen LogP contribution in [0.2, 0.25) is 0 Å². The number of nitrogens with zero attached hydrogens (tertiary/aromatic N) is 1. The van der Waals surface area contributed by atoms with Crippen molar-refractivity contribution in [2.75, 3.05) is 4.90 Å². The van der Waals surface area contributed by atoms with E-state index in [1.54, 1.807) is 0 Å². The molecule has 7 rings (SSSR count). The van der Waals surface area contributed by atoms with Gasteiger partial charge in [-0.05, 0) is 74.5 Å². The molecule has 0 bridgehead atoms. The molecule has 0 saturated carbocycles. The molecular weight excluding hydrogens is 470 g/mol. The predicted octanol–water partition coefficient (Wildman–Crippen LogP) is 10.8. The van der Waals surface area contributed by atoms with Crippen molar-refractivity contribution in [1.82, 2.24) is 0 Å². The molecule has 7 aromatic carbocycles. The van der Waals surface area contributed by atoms with Crippen molar-refractivity contribution in [2.45, 2.75) is 0 Å². The highest BCUT2D eigenvalue weighted by Gasteiger charge is 2.16. The SMILES string of the molecule is C(=C\c1ccc2ccccc2c1)/c1ccc(N(c2ccccc2)c2cc3ccccc3c3ccccc23)cc1. The highest BCUT2D eigenvalue weighted by molar-refractivity contribution is 6.14. The van der Waals surface area contributed by atoms with Crippen LogP contribution in [0.5, 0.6) is 0 Å². The lowest BCUT2D eigenvalue weighted by molar-refractivity contribution is 1.30. The third-order valence-corrected chi connectivity index (χ3v) is 7.39. The van der Waals surface area contributed by atoms with E-state index in [2.05, 4.69) is 169 Å². The van der Waals surface area contributed by atoms with Gasteiger partial charge in [0.1, 0.15) is 0 Å². The zero-order chi connectivity index (χ0) is 26.0. The van der Waals surface area contributed by atoms with Crippen LogP contribution < -0.4 is 4.90 Å². The van der Waals surface area contributed by atoms with Crippen LogP contribution in [0, 0.1) is 0 Å². The minimum Gasteiger partial charge on any atom is -0.310 e. The maximum atomic E-state index is 2.37. The van der Waals surface area contributed by atoms with E-state index >= 15 is 0 Å². The van der Waals surface area contributed by atoms with Crippen molar-refractivity contribution in [1.29, 1.82) is 0 Å². The topological polar surface area (TPSA) is 3.24 Å². The molecule has 1 nitrogen and oxygen atoms in total. The summed E-state index contributed by atoms with van der Waals surface area (Å²) in [7, 11) is 0. The number of benzene rings is 7. The first-order chi connectivity index (χ1) is 19.3. The quantitative estimate of drug-likeness (QED) is 0.169.